The van der Waals surface area contributed by atoms with Crippen molar-refractivity contribution in [1.29, 1.82) is 0 Å². The van der Waals surface area contributed by atoms with Gasteiger partial charge < -0.3 is 9.64 Å². The highest BCUT2D eigenvalue weighted by atomic mass is 79.9. The molecular weight excluding hydrogens is 322 g/mol. The smallest absolute Gasteiger partial charge is 0.119 e. The molecule has 2 rings (SSSR count). The molecule has 0 saturated carbocycles. The van der Waals surface area contributed by atoms with E-state index in [9.17, 15) is 0 Å². The van der Waals surface area contributed by atoms with Crippen LogP contribution in [0.5, 0.6) is 5.75 Å². The highest BCUT2D eigenvalue weighted by Gasteiger charge is 2.06. The molecule has 0 aliphatic rings. The van der Waals surface area contributed by atoms with Gasteiger partial charge >= 0.3 is 0 Å². The Bertz CT molecular complexity index is 513. The molecule has 1 aromatic heterocycles. The number of thiophene rings is 1. The Kier molecular flexibility index (Phi) is 5.43. The molecule has 102 valence electrons. The van der Waals surface area contributed by atoms with Gasteiger partial charge in [0.15, 0.2) is 0 Å². The van der Waals surface area contributed by atoms with Crippen molar-refractivity contribution < 1.29 is 4.74 Å². The van der Waals surface area contributed by atoms with Gasteiger partial charge in [-0.15, -0.1) is 11.3 Å². The molecule has 0 spiro atoms. The van der Waals surface area contributed by atoms with Gasteiger partial charge in [-0.25, -0.2) is 0 Å². The Labute approximate surface area is 127 Å². The van der Waals surface area contributed by atoms with E-state index in [0.29, 0.717) is 0 Å². The standard InChI is InChI=1S/C15H18BrNOS/c1-17(8-7-14-4-3-9-19-14)11-12-10-13(18-2)5-6-15(12)16/h3-6,9-10H,7-8,11H2,1-2H3. The number of methoxy groups -OCH3 is 1. The molecule has 2 aromatic rings. The summed E-state index contributed by atoms with van der Waals surface area (Å²) in [5.41, 5.74) is 1.26. The van der Waals surface area contributed by atoms with Crippen LogP contribution in [0.3, 0.4) is 0 Å². The third kappa shape index (κ3) is 4.34. The maximum absolute atomic E-state index is 5.27. The molecular formula is C15H18BrNOS. The molecule has 0 unspecified atom stereocenters. The van der Waals surface area contributed by atoms with Crippen molar-refractivity contribution in [3.05, 3.63) is 50.6 Å². The third-order valence-electron chi connectivity index (χ3n) is 3.01. The predicted octanol–water partition coefficient (Wildman–Crippen LogP) is 4.19. The summed E-state index contributed by atoms with van der Waals surface area (Å²) in [5.74, 6) is 0.907. The lowest BCUT2D eigenvalue weighted by molar-refractivity contribution is 0.330. The van der Waals surface area contributed by atoms with Crippen LogP contribution in [0.15, 0.2) is 40.2 Å². The van der Waals surface area contributed by atoms with E-state index in [2.05, 4.69) is 51.5 Å². The van der Waals surface area contributed by atoms with Crippen LogP contribution in [-0.2, 0) is 13.0 Å². The van der Waals surface area contributed by atoms with Gasteiger partial charge in [-0.05, 0) is 48.7 Å². The van der Waals surface area contributed by atoms with E-state index in [1.807, 2.05) is 23.5 Å². The Morgan fingerprint density at radius 1 is 1.32 bits per heavy atom. The lowest BCUT2D eigenvalue weighted by Gasteiger charge is -2.17. The van der Waals surface area contributed by atoms with Crippen LogP contribution in [-0.4, -0.2) is 25.6 Å². The normalized spacial score (nSPS) is 10.9. The number of benzene rings is 1. The Hall–Kier alpha value is -0.840. The highest BCUT2D eigenvalue weighted by molar-refractivity contribution is 9.10. The molecule has 0 aliphatic heterocycles. The SMILES string of the molecule is COc1ccc(Br)c(CN(C)CCc2cccs2)c1. The van der Waals surface area contributed by atoms with Crippen molar-refractivity contribution >= 4 is 27.3 Å². The van der Waals surface area contributed by atoms with Crippen molar-refractivity contribution in [1.82, 2.24) is 4.90 Å². The maximum Gasteiger partial charge on any atom is 0.119 e. The molecule has 0 radical (unpaired) electrons. The van der Waals surface area contributed by atoms with Crippen molar-refractivity contribution in [2.24, 2.45) is 0 Å². The van der Waals surface area contributed by atoms with Gasteiger partial charge in [0.05, 0.1) is 7.11 Å². The van der Waals surface area contributed by atoms with Crippen molar-refractivity contribution in [2.45, 2.75) is 13.0 Å². The van der Waals surface area contributed by atoms with E-state index in [0.717, 1.165) is 29.7 Å². The molecule has 0 N–H and O–H groups in total. The average molecular weight is 340 g/mol. The van der Waals surface area contributed by atoms with Gasteiger partial charge in [-0.1, -0.05) is 22.0 Å². The lowest BCUT2D eigenvalue weighted by atomic mass is 10.2. The van der Waals surface area contributed by atoms with Crippen LogP contribution in [0.25, 0.3) is 0 Å². The zero-order valence-corrected chi connectivity index (χ0v) is 13.6. The summed E-state index contributed by atoms with van der Waals surface area (Å²) in [4.78, 5) is 3.77. The average Bonchev–Trinajstić information content (AvgIpc) is 2.92. The molecule has 19 heavy (non-hydrogen) atoms. The number of nitrogens with zero attached hydrogens (tertiary/aromatic N) is 1. The first kappa shape index (κ1) is 14.6. The van der Waals surface area contributed by atoms with Crippen molar-refractivity contribution in [2.75, 3.05) is 20.7 Å². The largest absolute Gasteiger partial charge is 0.497 e. The number of halogens is 1. The van der Waals surface area contributed by atoms with E-state index >= 15 is 0 Å². The first-order chi connectivity index (χ1) is 9.19. The molecule has 0 saturated heterocycles. The van der Waals surface area contributed by atoms with Crippen LogP contribution in [0.1, 0.15) is 10.4 Å². The highest BCUT2D eigenvalue weighted by Crippen LogP contribution is 2.23. The summed E-state index contributed by atoms with van der Waals surface area (Å²) in [7, 11) is 3.85. The third-order valence-corrected chi connectivity index (χ3v) is 4.72. The number of likely N-dealkylation sites (N-methyl/N-ethyl adjacent to an activating group) is 1. The van der Waals surface area contributed by atoms with E-state index < -0.39 is 0 Å². The van der Waals surface area contributed by atoms with Crippen LogP contribution < -0.4 is 4.74 Å². The first-order valence-electron chi connectivity index (χ1n) is 6.22. The van der Waals surface area contributed by atoms with E-state index in [-0.39, 0.29) is 0 Å². The number of rotatable bonds is 6. The van der Waals surface area contributed by atoms with Gasteiger partial charge in [0.1, 0.15) is 5.75 Å². The second-order valence-corrected chi connectivity index (χ2v) is 6.41. The van der Waals surface area contributed by atoms with E-state index in [1.54, 1.807) is 7.11 Å². The van der Waals surface area contributed by atoms with Gasteiger partial charge in [-0.2, -0.15) is 0 Å². The predicted molar refractivity (Wildman–Crippen MR) is 85.1 cm³/mol. The Morgan fingerprint density at radius 2 is 2.16 bits per heavy atom. The molecule has 0 atom stereocenters. The van der Waals surface area contributed by atoms with Gasteiger partial charge in [0, 0.05) is 22.4 Å². The molecule has 0 fully saturated rings. The summed E-state index contributed by atoms with van der Waals surface area (Å²) in [5, 5.41) is 2.13. The van der Waals surface area contributed by atoms with Crippen molar-refractivity contribution in [3.63, 3.8) is 0 Å². The minimum Gasteiger partial charge on any atom is -0.497 e. The zero-order valence-electron chi connectivity index (χ0n) is 11.2. The molecule has 1 aromatic carbocycles. The second kappa shape index (κ2) is 7.08. The molecule has 1 heterocycles. The van der Waals surface area contributed by atoms with Crippen molar-refractivity contribution in [3.8, 4) is 5.75 Å². The summed E-state index contributed by atoms with van der Waals surface area (Å²) in [6, 6.07) is 10.4. The van der Waals surface area contributed by atoms with Gasteiger partial charge in [-0.3, -0.25) is 0 Å². The first-order valence-corrected chi connectivity index (χ1v) is 7.89. The van der Waals surface area contributed by atoms with E-state index in [1.165, 1.54) is 10.4 Å². The maximum atomic E-state index is 5.27. The molecule has 4 heteroatoms. The van der Waals surface area contributed by atoms with Crippen LogP contribution in [0.4, 0.5) is 0 Å². The van der Waals surface area contributed by atoms with Gasteiger partial charge in [0.2, 0.25) is 0 Å². The summed E-state index contributed by atoms with van der Waals surface area (Å²) < 4.78 is 6.41. The number of hydrogen-bond acceptors (Lipinski definition) is 3. The summed E-state index contributed by atoms with van der Waals surface area (Å²) >= 11 is 5.42. The molecule has 2 nitrogen and oxygen atoms in total. The van der Waals surface area contributed by atoms with Crippen LogP contribution in [0, 0.1) is 0 Å². The zero-order chi connectivity index (χ0) is 13.7. The fraction of sp³-hybridized carbons (Fsp3) is 0.333. The minimum atomic E-state index is 0.907. The summed E-state index contributed by atoms with van der Waals surface area (Å²) in [6.07, 6.45) is 1.11. The second-order valence-electron chi connectivity index (χ2n) is 4.52. The van der Waals surface area contributed by atoms with Crippen LogP contribution >= 0.6 is 27.3 Å². The fourth-order valence-electron chi connectivity index (χ4n) is 1.92. The number of hydrogen-bond donors (Lipinski definition) is 0. The number of ether oxygens (including phenoxy) is 1. The lowest BCUT2D eigenvalue weighted by Crippen LogP contribution is -2.20. The molecule has 0 aliphatic carbocycles. The quantitative estimate of drug-likeness (QED) is 0.782. The Morgan fingerprint density at radius 3 is 2.84 bits per heavy atom. The van der Waals surface area contributed by atoms with E-state index in [4.69, 9.17) is 4.74 Å². The summed E-state index contributed by atoms with van der Waals surface area (Å²) in [6.45, 7) is 1.98. The fourth-order valence-corrected chi connectivity index (χ4v) is 3.00. The topological polar surface area (TPSA) is 12.5 Å². The van der Waals surface area contributed by atoms with Gasteiger partial charge in [0.25, 0.3) is 0 Å². The molecule has 0 bridgehead atoms. The van der Waals surface area contributed by atoms with Crippen LogP contribution in [0.2, 0.25) is 0 Å². The monoisotopic (exact) mass is 339 g/mol. The molecule has 0 amide bonds. The Balaban J connectivity index is 1.92. The minimum absolute atomic E-state index is 0.907.